The van der Waals surface area contributed by atoms with E-state index >= 15 is 0 Å². The second-order valence-electron chi connectivity index (χ2n) is 18.5. The molecule has 0 saturated heterocycles. The van der Waals surface area contributed by atoms with Gasteiger partial charge in [0, 0.05) is 50.7 Å². The Morgan fingerprint density at radius 3 is 2.12 bits per heavy atom. The Kier molecular flexibility index (Phi) is 20.3. The molecular formula is C51H83N5. The molecule has 0 spiro atoms. The van der Waals surface area contributed by atoms with Crippen molar-refractivity contribution in [1.82, 2.24) is 10.2 Å². The normalized spacial score (nSPS) is 19.0. The molecule has 1 N–H and O–H groups in total. The zero-order valence-electron chi connectivity index (χ0n) is 38.4. The van der Waals surface area contributed by atoms with Gasteiger partial charge in [0.15, 0.2) is 0 Å². The van der Waals surface area contributed by atoms with E-state index in [1.54, 1.807) is 5.57 Å². The van der Waals surface area contributed by atoms with Gasteiger partial charge in [0.25, 0.3) is 0 Å². The number of aliphatic imine (C=N–C) groups is 2. The lowest BCUT2D eigenvalue weighted by Crippen LogP contribution is -2.48. The van der Waals surface area contributed by atoms with Gasteiger partial charge in [-0.2, -0.15) is 0 Å². The molecule has 0 aromatic heterocycles. The van der Waals surface area contributed by atoms with Crippen LogP contribution < -0.4 is 10.2 Å². The number of unbranched alkanes of at least 4 members (excludes halogenated alkanes) is 3. The number of hydrogen-bond acceptors (Lipinski definition) is 4. The zero-order valence-corrected chi connectivity index (χ0v) is 38.4. The molecule has 0 radical (unpaired) electrons. The molecule has 5 rings (SSSR count). The van der Waals surface area contributed by atoms with Crippen LogP contribution >= 0.6 is 0 Å². The number of benzene rings is 2. The molecule has 0 bridgehead atoms. The Morgan fingerprint density at radius 1 is 0.929 bits per heavy atom. The number of amidine groups is 1. The summed E-state index contributed by atoms with van der Waals surface area (Å²) in [6.45, 7) is 25.7. The molecule has 5 heteroatoms. The Morgan fingerprint density at radius 2 is 1.61 bits per heavy atom. The van der Waals surface area contributed by atoms with Crippen LogP contribution in [0.5, 0.6) is 0 Å². The number of aryl methyl sites for hydroxylation is 1. The second kappa shape index (κ2) is 24.0. The van der Waals surface area contributed by atoms with Crippen molar-refractivity contribution in [3.8, 4) is 0 Å². The fourth-order valence-corrected chi connectivity index (χ4v) is 8.12. The third kappa shape index (κ3) is 15.7. The quantitative estimate of drug-likeness (QED) is 0.112. The highest BCUT2D eigenvalue weighted by Gasteiger charge is 2.33. The fraction of sp³-hybridized carbons (Fsp3) is 0.647. The minimum atomic E-state index is 0.388. The first-order valence-corrected chi connectivity index (χ1v) is 22.3. The number of allylic oxidation sites excluding steroid dienone is 2. The maximum Gasteiger partial charge on any atom is 0.117 e. The van der Waals surface area contributed by atoms with Crippen molar-refractivity contribution < 1.29 is 0 Å². The molecule has 2 aliphatic carbocycles. The molecule has 2 aromatic carbocycles. The first-order valence-electron chi connectivity index (χ1n) is 22.3. The average Bonchev–Trinajstić information content (AvgIpc) is 4.00. The van der Waals surface area contributed by atoms with E-state index in [0.717, 1.165) is 43.7 Å². The summed E-state index contributed by atoms with van der Waals surface area (Å²) in [7, 11) is 5.76. The van der Waals surface area contributed by atoms with Crippen molar-refractivity contribution in [3.05, 3.63) is 76.9 Å². The number of anilines is 1. The van der Waals surface area contributed by atoms with Gasteiger partial charge in [-0.15, -0.1) is 0 Å². The lowest BCUT2D eigenvalue weighted by Gasteiger charge is -2.40. The number of nitrogens with zero attached hydrogens (tertiary/aromatic N) is 4. The number of nitrogens with one attached hydrogen (secondary N) is 1. The van der Waals surface area contributed by atoms with Crippen LogP contribution in [0.15, 0.2) is 70.2 Å². The highest BCUT2D eigenvalue weighted by Crippen LogP contribution is 2.44. The van der Waals surface area contributed by atoms with Crippen LogP contribution in [0.3, 0.4) is 0 Å². The first kappa shape index (κ1) is 47.4. The number of hydrogen-bond donors (Lipinski definition) is 1. The predicted molar refractivity (Wildman–Crippen MR) is 251 cm³/mol. The lowest BCUT2D eigenvalue weighted by atomic mass is 9.81. The molecule has 2 aromatic rings. The SMILES string of the molecule is CC(C)(C)C1CC1.CN=C(C)CCCCCCC(C)C.CN=C(CNC)N(CCN1C(C)C=C(c2ccc(C)cc2C(C)=C2CCC2)CC1C)c1ccccc1. The Hall–Kier alpha value is -3.02. The van der Waals surface area contributed by atoms with E-state index in [-0.39, 0.29) is 0 Å². The van der Waals surface area contributed by atoms with Crippen LogP contribution in [-0.4, -0.2) is 69.3 Å². The van der Waals surface area contributed by atoms with Crippen molar-refractivity contribution in [1.29, 1.82) is 0 Å². The summed E-state index contributed by atoms with van der Waals surface area (Å²) < 4.78 is 0. The minimum Gasteiger partial charge on any atom is -0.328 e. The average molecular weight is 766 g/mol. The standard InChI is InChI=1S/C32H44N4.C12H25N.C7H14/c1-23-15-16-30(31(19-23)26(4)27-11-10-12-27)28-20-24(2)35(25(3)21-28)17-18-36(32(34-6)22-33-5)29-13-8-7-9-14-29;1-11(2)9-7-5-6-8-10-12(3)13-4;1-7(2,3)6-4-5-6/h7-9,13-16,19-20,24-25,33H,10-12,17-18,21-22H2,1-6H3;11H,5-10H2,1-4H3;6H,4-5H2,1-3H3. The van der Waals surface area contributed by atoms with Crippen LogP contribution in [0, 0.1) is 24.2 Å². The molecule has 1 heterocycles. The first-order chi connectivity index (χ1) is 26.7. The molecule has 0 amide bonds. The molecule has 2 saturated carbocycles. The van der Waals surface area contributed by atoms with E-state index in [1.807, 2.05) is 21.1 Å². The highest BCUT2D eigenvalue weighted by molar-refractivity contribution is 5.99. The minimum absolute atomic E-state index is 0.388. The van der Waals surface area contributed by atoms with Crippen LogP contribution in [-0.2, 0) is 0 Å². The molecule has 2 fully saturated rings. The van der Waals surface area contributed by atoms with Gasteiger partial charge in [0.2, 0.25) is 0 Å². The number of likely N-dealkylation sites (N-methyl/N-ethyl adjacent to an activating group) is 1. The predicted octanol–water partition coefficient (Wildman–Crippen LogP) is 13.1. The van der Waals surface area contributed by atoms with Gasteiger partial charge >= 0.3 is 0 Å². The van der Waals surface area contributed by atoms with E-state index < -0.39 is 0 Å². The van der Waals surface area contributed by atoms with Gasteiger partial charge in [0.05, 0.1) is 6.54 Å². The number of para-hydroxylation sites is 1. The molecule has 2 unspecified atom stereocenters. The Balaban J connectivity index is 0.000000344. The summed E-state index contributed by atoms with van der Waals surface area (Å²) in [4.78, 5) is 13.8. The van der Waals surface area contributed by atoms with Crippen LogP contribution in [0.4, 0.5) is 5.69 Å². The molecule has 56 heavy (non-hydrogen) atoms. The maximum absolute atomic E-state index is 4.61. The van der Waals surface area contributed by atoms with E-state index in [9.17, 15) is 0 Å². The number of rotatable bonds is 15. The molecule has 5 nitrogen and oxygen atoms in total. The van der Waals surface area contributed by atoms with Gasteiger partial charge in [-0.1, -0.05) is 114 Å². The van der Waals surface area contributed by atoms with Gasteiger partial charge < -0.3 is 10.2 Å². The van der Waals surface area contributed by atoms with Crippen molar-refractivity contribution >= 4 is 28.4 Å². The van der Waals surface area contributed by atoms with Crippen molar-refractivity contribution in [3.63, 3.8) is 0 Å². The van der Waals surface area contributed by atoms with E-state index in [0.29, 0.717) is 17.5 Å². The van der Waals surface area contributed by atoms with E-state index in [1.165, 1.54) is 110 Å². The smallest absolute Gasteiger partial charge is 0.117 e. The molecule has 3 aliphatic rings. The summed E-state index contributed by atoms with van der Waals surface area (Å²) in [6.07, 6.45) is 18.5. The Labute approximate surface area is 345 Å². The zero-order chi connectivity index (χ0) is 41.3. The van der Waals surface area contributed by atoms with E-state index in [4.69, 9.17) is 0 Å². The van der Waals surface area contributed by atoms with Gasteiger partial charge in [-0.3, -0.25) is 14.9 Å². The fourth-order valence-electron chi connectivity index (χ4n) is 8.12. The third-order valence-electron chi connectivity index (χ3n) is 12.3. The van der Waals surface area contributed by atoms with Crippen molar-refractivity contribution in [2.24, 2.45) is 27.2 Å². The van der Waals surface area contributed by atoms with Gasteiger partial charge in [-0.05, 0) is 145 Å². The Bertz CT molecular complexity index is 1560. The van der Waals surface area contributed by atoms with Crippen LogP contribution in [0.1, 0.15) is 156 Å². The third-order valence-corrected chi connectivity index (χ3v) is 12.3. The molecule has 312 valence electrons. The molecule has 1 aliphatic heterocycles. The summed E-state index contributed by atoms with van der Waals surface area (Å²) in [6, 6.07) is 18.6. The monoisotopic (exact) mass is 766 g/mol. The van der Waals surface area contributed by atoms with Crippen molar-refractivity contribution in [2.45, 2.75) is 158 Å². The van der Waals surface area contributed by atoms with Crippen molar-refractivity contribution in [2.75, 3.05) is 45.7 Å². The topological polar surface area (TPSA) is 43.2 Å². The largest absolute Gasteiger partial charge is 0.328 e. The van der Waals surface area contributed by atoms with Gasteiger partial charge in [-0.25, -0.2) is 0 Å². The highest BCUT2D eigenvalue weighted by atomic mass is 15.3. The lowest BCUT2D eigenvalue weighted by molar-refractivity contribution is 0.179. The summed E-state index contributed by atoms with van der Waals surface area (Å²) in [5, 5.41) is 3.28. The maximum atomic E-state index is 4.61. The van der Waals surface area contributed by atoms with Crippen LogP contribution in [0.2, 0.25) is 0 Å². The molecular weight excluding hydrogens is 683 g/mol. The summed E-state index contributed by atoms with van der Waals surface area (Å²) >= 11 is 0. The second-order valence-corrected chi connectivity index (χ2v) is 18.5. The molecule has 2 atom stereocenters. The van der Waals surface area contributed by atoms with Crippen LogP contribution in [0.25, 0.3) is 11.1 Å². The summed E-state index contributed by atoms with van der Waals surface area (Å²) in [5.74, 6) is 2.99. The van der Waals surface area contributed by atoms with E-state index in [2.05, 4.69) is 149 Å². The summed E-state index contributed by atoms with van der Waals surface area (Å²) in [5.41, 5.74) is 12.0. The van der Waals surface area contributed by atoms with Gasteiger partial charge in [0.1, 0.15) is 5.84 Å².